The van der Waals surface area contributed by atoms with Gasteiger partial charge in [-0.25, -0.2) is 8.78 Å². The van der Waals surface area contributed by atoms with Gasteiger partial charge in [-0.05, 0) is 18.6 Å². The van der Waals surface area contributed by atoms with Gasteiger partial charge in [-0.2, -0.15) is 0 Å². The van der Waals surface area contributed by atoms with Crippen LogP contribution >= 0.6 is 24.0 Å². The maximum Gasteiger partial charge on any atom is 0.132 e. The summed E-state index contributed by atoms with van der Waals surface area (Å²) < 4.78 is 26.4. The Morgan fingerprint density at radius 1 is 1.33 bits per heavy atom. The van der Waals surface area contributed by atoms with E-state index in [0.717, 1.165) is 12.1 Å². The molecule has 1 aromatic rings. The van der Waals surface area contributed by atoms with Gasteiger partial charge in [0.05, 0.1) is 0 Å². The highest BCUT2D eigenvalue weighted by Gasteiger charge is 2.17. The summed E-state index contributed by atoms with van der Waals surface area (Å²) in [5.74, 6) is -1.56. The number of benzene rings is 1. The Morgan fingerprint density at radius 2 is 1.80 bits per heavy atom. The molecule has 0 aliphatic rings. The van der Waals surface area contributed by atoms with Crippen LogP contribution in [0.4, 0.5) is 8.78 Å². The van der Waals surface area contributed by atoms with Gasteiger partial charge in [0, 0.05) is 23.2 Å². The number of aliphatic hydroxyl groups is 1. The second-order valence-electron chi connectivity index (χ2n) is 2.90. The Labute approximate surface area is 97.4 Å². The lowest BCUT2D eigenvalue weighted by molar-refractivity contribution is 0.274. The minimum Gasteiger partial charge on any atom is -0.396 e. The molecule has 1 aromatic carbocycles. The van der Waals surface area contributed by atoms with E-state index in [9.17, 15) is 8.78 Å². The second-order valence-corrected chi connectivity index (χ2v) is 3.34. The van der Waals surface area contributed by atoms with Gasteiger partial charge in [0.2, 0.25) is 0 Å². The smallest absolute Gasteiger partial charge is 0.132 e. The minimum atomic E-state index is -0.850. The van der Waals surface area contributed by atoms with Crippen molar-refractivity contribution in [3.63, 3.8) is 0 Å². The van der Waals surface area contributed by atoms with Crippen LogP contribution in [0.3, 0.4) is 0 Å². The first-order chi connectivity index (χ1) is 6.56. The molecule has 0 saturated heterocycles. The summed E-state index contributed by atoms with van der Waals surface area (Å²) in [6, 6.07) is 1.14. The summed E-state index contributed by atoms with van der Waals surface area (Å²) in [6.45, 7) is -0.220. The molecule has 2 nitrogen and oxygen atoms in total. The highest BCUT2D eigenvalue weighted by Crippen LogP contribution is 2.24. The molecule has 3 N–H and O–H groups in total. The zero-order valence-electron chi connectivity index (χ0n) is 7.71. The Hall–Kier alpha value is -0.420. The molecule has 0 heterocycles. The molecule has 1 rings (SSSR count). The molecule has 0 aromatic heterocycles. The number of halogens is 4. The summed E-state index contributed by atoms with van der Waals surface area (Å²) in [6.07, 6.45) is 0.107. The van der Waals surface area contributed by atoms with Crippen LogP contribution in [0.5, 0.6) is 0 Å². The normalized spacial score (nSPS) is 12.1. The van der Waals surface area contributed by atoms with E-state index < -0.39 is 17.7 Å². The van der Waals surface area contributed by atoms with Gasteiger partial charge in [0.1, 0.15) is 11.6 Å². The molecule has 15 heavy (non-hydrogen) atoms. The van der Waals surface area contributed by atoms with E-state index in [1.54, 1.807) is 0 Å². The van der Waals surface area contributed by atoms with Crippen LogP contribution in [0.1, 0.15) is 18.0 Å². The Kier molecular flexibility index (Phi) is 6.05. The molecule has 0 radical (unpaired) electrons. The van der Waals surface area contributed by atoms with Crippen molar-refractivity contribution in [1.29, 1.82) is 0 Å². The quantitative estimate of drug-likeness (QED) is 0.874. The number of hydrogen-bond donors (Lipinski definition) is 2. The molecule has 86 valence electrons. The van der Waals surface area contributed by atoms with E-state index in [4.69, 9.17) is 22.4 Å². The van der Waals surface area contributed by atoms with Crippen LogP contribution in [-0.2, 0) is 0 Å². The highest BCUT2D eigenvalue weighted by molar-refractivity contribution is 6.30. The van der Waals surface area contributed by atoms with Crippen LogP contribution in [0, 0.1) is 11.6 Å². The third kappa shape index (κ3) is 3.57. The summed E-state index contributed by atoms with van der Waals surface area (Å²) in [5, 5.41) is 8.57. The van der Waals surface area contributed by atoms with E-state index in [2.05, 4.69) is 0 Å². The lowest BCUT2D eigenvalue weighted by Crippen LogP contribution is -2.15. The highest BCUT2D eigenvalue weighted by atomic mass is 35.5. The maximum atomic E-state index is 13.2. The van der Waals surface area contributed by atoms with Gasteiger partial charge in [-0.3, -0.25) is 0 Å². The Balaban J connectivity index is 0.00000196. The number of rotatable bonds is 3. The summed E-state index contributed by atoms with van der Waals surface area (Å²) in [4.78, 5) is 0. The van der Waals surface area contributed by atoms with Crippen LogP contribution < -0.4 is 5.73 Å². The van der Waals surface area contributed by atoms with Gasteiger partial charge in [0.15, 0.2) is 0 Å². The van der Waals surface area contributed by atoms with Crippen molar-refractivity contribution in [3.05, 3.63) is 34.4 Å². The molecule has 6 heteroatoms. The number of nitrogens with two attached hydrogens (primary N) is 1. The third-order valence-electron chi connectivity index (χ3n) is 1.85. The zero-order chi connectivity index (χ0) is 10.7. The Bertz CT molecular complexity index is 313. The molecule has 0 fully saturated rings. The van der Waals surface area contributed by atoms with Crippen LogP contribution in [0.15, 0.2) is 12.1 Å². The van der Waals surface area contributed by atoms with Gasteiger partial charge in [-0.15, -0.1) is 12.4 Å². The monoisotopic (exact) mass is 257 g/mol. The van der Waals surface area contributed by atoms with E-state index in [-0.39, 0.29) is 36.0 Å². The predicted octanol–water partition coefficient (Wildman–Crippen LogP) is 2.42. The standard InChI is InChI=1S/C9H10ClF2NO.ClH/c10-5-3-6(11)9(7(12)4-5)8(13)1-2-14;/h3-4,8,14H,1-2,13H2;1H/t8-;/m1./s1. The van der Waals surface area contributed by atoms with Crippen molar-refractivity contribution in [1.82, 2.24) is 0 Å². The molecule has 0 aliphatic heterocycles. The van der Waals surface area contributed by atoms with Crippen molar-refractivity contribution in [2.45, 2.75) is 12.5 Å². The van der Waals surface area contributed by atoms with Crippen molar-refractivity contribution in [2.75, 3.05) is 6.61 Å². The fourth-order valence-electron chi connectivity index (χ4n) is 1.19. The second kappa shape index (κ2) is 6.23. The molecule has 0 bridgehead atoms. The molecule has 0 aliphatic carbocycles. The lowest BCUT2D eigenvalue weighted by atomic mass is 10.0. The van der Waals surface area contributed by atoms with Gasteiger partial charge < -0.3 is 10.8 Å². The van der Waals surface area contributed by atoms with Crippen molar-refractivity contribution < 1.29 is 13.9 Å². The molecular formula is C9H11Cl2F2NO. The maximum absolute atomic E-state index is 13.2. The van der Waals surface area contributed by atoms with Gasteiger partial charge in [0.25, 0.3) is 0 Å². The molecular weight excluding hydrogens is 247 g/mol. The first-order valence-electron chi connectivity index (χ1n) is 4.07. The topological polar surface area (TPSA) is 46.2 Å². The third-order valence-corrected chi connectivity index (χ3v) is 2.07. The predicted molar refractivity (Wildman–Crippen MR) is 57.2 cm³/mol. The van der Waals surface area contributed by atoms with E-state index in [1.807, 2.05) is 0 Å². The van der Waals surface area contributed by atoms with Gasteiger partial charge >= 0.3 is 0 Å². The van der Waals surface area contributed by atoms with Crippen LogP contribution in [0.25, 0.3) is 0 Å². The molecule has 0 saturated carbocycles. The Morgan fingerprint density at radius 3 is 2.20 bits per heavy atom. The van der Waals surface area contributed by atoms with Crippen LogP contribution in [0.2, 0.25) is 5.02 Å². The van der Waals surface area contributed by atoms with Crippen molar-refractivity contribution >= 4 is 24.0 Å². The van der Waals surface area contributed by atoms with E-state index >= 15 is 0 Å². The minimum absolute atomic E-state index is 0. The molecule has 0 unspecified atom stereocenters. The fraction of sp³-hybridized carbons (Fsp3) is 0.333. The number of hydrogen-bond acceptors (Lipinski definition) is 2. The average molecular weight is 258 g/mol. The van der Waals surface area contributed by atoms with E-state index in [0.29, 0.717) is 0 Å². The first-order valence-corrected chi connectivity index (χ1v) is 4.45. The SMILES string of the molecule is Cl.N[C@H](CCO)c1c(F)cc(Cl)cc1F. The summed E-state index contributed by atoms with van der Waals surface area (Å²) in [5.41, 5.74) is 5.24. The first kappa shape index (κ1) is 14.6. The van der Waals surface area contributed by atoms with Gasteiger partial charge in [-0.1, -0.05) is 11.6 Å². The summed E-state index contributed by atoms with van der Waals surface area (Å²) in [7, 11) is 0. The lowest BCUT2D eigenvalue weighted by Gasteiger charge is -2.12. The van der Waals surface area contributed by atoms with Crippen molar-refractivity contribution in [3.8, 4) is 0 Å². The average Bonchev–Trinajstić information content (AvgIpc) is 2.01. The summed E-state index contributed by atoms with van der Waals surface area (Å²) >= 11 is 5.43. The zero-order valence-corrected chi connectivity index (χ0v) is 9.29. The van der Waals surface area contributed by atoms with E-state index in [1.165, 1.54) is 0 Å². The number of aliphatic hydroxyl groups excluding tert-OH is 1. The largest absolute Gasteiger partial charge is 0.396 e. The van der Waals surface area contributed by atoms with Crippen LogP contribution in [-0.4, -0.2) is 11.7 Å². The molecule has 0 amide bonds. The fourth-order valence-corrected chi connectivity index (χ4v) is 1.38. The molecule has 0 spiro atoms. The van der Waals surface area contributed by atoms with Crippen molar-refractivity contribution in [2.24, 2.45) is 5.73 Å². The molecule has 1 atom stereocenters.